The van der Waals surface area contributed by atoms with Crippen LogP contribution in [0.1, 0.15) is 18.4 Å². The first kappa shape index (κ1) is 20.6. The minimum absolute atomic E-state index is 0.123. The fraction of sp³-hybridized carbons (Fsp3) is 0.231. The molecule has 3 amide bonds. The predicted molar refractivity (Wildman–Crippen MR) is 124 cm³/mol. The summed E-state index contributed by atoms with van der Waals surface area (Å²) >= 11 is 0. The third-order valence-corrected chi connectivity index (χ3v) is 7.28. The number of carboxylic acids is 1. The number of imide groups is 1. The molecule has 34 heavy (non-hydrogen) atoms. The van der Waals surface area contributed by atoms with Crippen LogP contribution in [0.4, 0.5) is 11.4 Å². The number of rotatable bonds is 4. The second kappa shape index (κ2) is 7.23. The van der Waals surface area contributed by atoms with Gasteiger partial charge in [0.1, 0.15) is 5.54 Å². The van der Waals surface area contributed by atoms with Gasteiger partial charge in [-0.15, -0.1) is 0 Å². The molecule has 1 spiro atoms. The number of carbonyl (C=O) groups is 4. The van der Waals surface area contributed by atoms with Crippen molar-refractivity contribution in [2.45, 2.75) is 24.4 Å². The largest absolute Gasteiger partial charge is 0.481 e. The predicted octanol–water partition coefficient (Wildman–Crippen LogP) is 2.63. The van der Waals surface area contributed by atoms with Crippen LogP contribution in [0, 0.1) is 11.8 Å². The Morgan fingerprint density at radius 3 is 2.47 bits per heavy atom. The van der Waals surface area contributed by atoms with Gasteiger partial charge in [0.25, 0.3) is 0 Å². The Balaban J connectivity index is 1.48. The molecule has 2 fully saturated rings. The molecule has 2 saturated heterocycles. The maximum Gasteiger partial charge on any atom is 0.303 e. The fourth-order valence-electron chi connectivity index (χ4n) is 5.86. The second-order valence-electron chi connectivity index (χ2n) is 9.04. The van der Waals surface area contributed by atoms with Gasteiger partial charge in [0.2, 0.25) is 17.7 Å². The van der Waals surface area contributed by atoms with Crippen molar-refractivity contribution in [3.8, 4) is 0 Å². The van der Waals surface area contributed by atoms with Crippen molar-refractivity contribution < 1.29 is 24.3 Å². The number of aliphatic carboxylic acids is 1. The van der Waals surface area contributed by atoms with Gasteiger partial charge in [0, 0.05) is 23.7 Å². The zero-order valence-corrected chi connectivity index (χ0v) is 18.0. The normalized spacial score (nSPS) is 27.4. The van der Waals surface area contributed by atoms with Crippen LogP contribution < -0.4 is 15.5 Å². The van der Waals surface area contributed by atoms with Gasteiger partial charge in [-0.25, -0.2) is 4.90 Å². The molecule has 0 saturated carbocycles. The van der Waals surface area contributed by atoms with E-state index in [1.54, 1.807) is 36.4 Å². The summed E-state index contributed by atoms with van der Waals surface area (Å²) < 4.78 is 0. The number of hydrogen-bond donors (Lipinski definition) is 3. The summed E-state index contributed by atoms with van der Waals surface area (Å²) in [5.41, 5.74) is 0.210. The van der Waals surface area contributed by atoms with Crippen LogP contribution >= 0.6 is 0 Å². The van der Waals surface area contributed by atoms with Crippen molar-refractivity contribution in [3.05, 3.63) is 72.3 Å². The Morgan fingerprint density at radius 2 is 1.68 bits per heavy atom. The third-order valence-electron chi connectivity index (χ3n) is 7.28. The Bertz CT molecular complexity index is 1400. The van der Waals surface area contributed by atoms with Crippen LogP contribution in [0.3, 0.4) is 0 Å². The number of hydrogen-bond acceptors (Lipinski definition) is 5. The number of benzene rings is 3. The highest BCUT2D eigenvalue weighted by atomic mass is 16.4. The number of carbonyl (C=O) groups excluding carboxylic acids is 3. The van der Waals surface area contributed by atoms with E-state index in [0.29, 0.717) is 16.9 Å². The molecule has 170 valence electrons. The highest BCUT2D eigenvalue weighted by Crippen LogP contribution is 2.54. The average molecular weight is 455 g/mol. The lowest BCUT2D eigenvalue weighted by atomic mass is 9.76. The van der Waals surface area contributed by atoms with Crippen molar-refractivity contribution in [1.29, 1.82) is 0 Å². The molecule has 3 N–H and O–H groups in total. The molecule has 3 aromatic rings. The summed E-state index contributed by atoms with van der Waals surface area (Å²) in [5.74, 6) is -4.10. The van der Waals surface area contributed by atoms with E-state index in [2.05, 4.69) is 10.6 Å². The SMILES string of the molecule is O=C(O)CCC1NC2(C(=O)Nc3ccccc32)C2C(=O)N(c3ccc4ccccc4c3)C(=O)C12. The quantitative estimate of drug-likeness (QED) is 0.521. The van der Waals surface area contributed by atoms with Crippen LogP contribution in [0.25, 0.3) is 10.8 Å². The molecule has 4 atom stereocenters. The summed E-state index contributed by atoms with van der Waals surface area (Å²) in [5, 5.41) is 17.2. The maximum atomic E-state index is 13.9. The molecule has 3 aromatic carbocycles. The zero-order chi connectivity index (χ0) is 23.6. The molecule has 8 heteroatoms. The number of nitrogens with one attached hydrogen (secondary N) is 2. The standard InChI is InChI=1S/C26H21N3O5/c30-20(31)12-11-19-21-22(26(28-19)17-7-3-4-8-18(17)27-25(26)34)24(33)29(23(21)32)16-10-9-14-5-1-2-6-15(14)13-16/h1-10,13,19,21-22,28H,11-12H2,(H,27,34)(H,30,31). The summed E-state index contributed by atoms with van der Waals surface area (Å²) in [6.07, 6.45) is -0.0596. The average Bonchev–Trinajstić information content (AvgIpc) is 3.42. The number of fused-ring (bicyclic) bond motifs is 5. The van der Waals surface area contributed by atoms with Crippen molar-refractivity contribution in [2.24, 2.45) is 11.8 Å². The summed E-state index contributed by atoms with van der Waals surface area (Å²) in [6, 6.07) is 19.5. The molecule has 3 aliphatic rings. The van der Waals surface area contributed by atoms with Gasteiger partial charge in [-0.2, -0.15) is 0 Å². The molecular weight excluding hydrogens is 434 g/mol. The van der Waals surface area contributed by atoms with Crippen molar-refractivity contribution in [3.63, 3.8) is 0 Å². The van der Waals surface area contributed by atoms with Crippen LogP contribution in [0.15, 0.2) is 66.7 Å². The molecule has 0 aromatic heterocycles. The Labute approximate surface area is 194 Å². The third kappa shape index (κ3) is 2.69. The van der Waals surface area contributed by atoms with Crippen LogP contribution in [-0.2, 0) is 24.7 Å². The summed E-state index contributed by atoms with van der Waals surface area (Å²) in [4.78, 5) is 53.5. The van der Waals surface area contributed by atoms with Gasteiger partial charge in [0.15, 0.2) is 0 Å². The van der Waals surface area contributed by atoms with E-state index >= 15 is 0 Å². The van der Waals surface area contributed by atoms with Crippen LogP contribution in [-0.4, -0.2) is 34.8 Å². The summed E-state index contributed by atoms with van der Waals surface area (Å²) in [6.45, 7) is 0. The van der Waals surface area contributed by atoms with E-state index < -0.39 is 47.1 Å². The van der Waals surface area contributed by atoms with E-state index in [4.69, 9.17) is 0 Å². The molecule has 0 aliphatic carbocycles. The minimum Gasteiger partial charge on any atom is -0.481 e. The fourth-order valence-corrected chi connectivity index (χ4v) is 5.86. The minimum atomic E-state index is -1.43. The molecule has 0 bridgehead atoms. The zero-order valence-electron chi connectivity index (χ0n) is 18.0. The lowest BCUT2D eigenvalue weighted by Gasteiger charge is -2.29. The van der Waals surface area contributed by atoms with Crippen molar-refractivity contribution in [2.75, 3.05) is 10.2 Å². The molecule has 4 unspecified atom stereocenters. The Hall–Kier alpha value is -4.04. The molecular formula is C26H21N3O5. The van der Waals surface area contributed by atoms with Crippen LogP contribution in [0.2, 0.25) is 0 Å². The topological polar surface area (TPSA) is 116 Å². The highest BCUT2D eigenvalue weighted by molar-refractivity contribution is 6.26. The van der Waals surface area contributed by atoms with Gasteiger partial charge < -0.3 is 10.4 Å². The lowest BCUT2D eigenvalue weighted by Crippen LogP contribution is -2.53. The molecule has 3 heterocycles. The van der Waals surface area contributed by atoms with Gasteiger partial charge >= 0.3 is 5.97 Å². The number of nitrogens with zero attached hydrogens (tertiary/aromatic N) is 1. The van der Waals surface area contributed by atoms with E-state index in [-0.39, 0.29) is 12.8 Å². The highest BCUT2D eigenvalue weighted by Gasteiger charge is 2.70. The van der Waals surface area contributed by atoms with E-state index in [0.717, 1.165) is 10.8 Å². The molecule has 3 aliphatic heterocycles. The second-order valence-corrected chi connectivity index (χ2v) is 9.04. The van der Waals surface area contributed by atoms with E-state index in [1.165, 1.54) is 4.90 Å². The maximum absolute atomic E-state index is 13.9. The lowest BCUT2D eigenvalue weighted by molar-refractivity contribution is -0.137. The number of amides is 3. The first-order chi connectivity index (χ1) is 16.4. The number of carboxylic acid groups (broad SMARTS) is 1. The molecule has 8 nitrogen and oxygen atoms in total. The van der Waals surface area contributed by atoms with Gasteiger partial charge in [-0.3, -0.25) is 24.5 Å². The van der Waals surface area contributed by atoms with Gasteiger partial charge in [-0.05, 0) is 35.4 Å². The van der Waals surface area contributed by atoms with Crippen molar-refractivity contribution in [1.82, 2.24) is 5.32 Å². The van der Waals surface area contributed by atoms with E-state index in [9.17, 15) is 24.3 Å². The number of anilines is 2. The Morgan fingerprint density at radius 1 is 0.941 bits per heavy atom. The smallest absolute Gasteiger partial charge is 0.303 e. The Kier molecular flexibility index (Phi) is 4.37. The van der Waals surface area contributed by atoms with Gasteiger partial charge in [-0.1, -0.05) is 48.5 Å². The van der Waals surface area contributed by atoms with Crippen LogP contribution in [0.5, 0.6) is 0 Å². The monoisotopic (exact) mass is 455 g/mol. The molecule has 6 rings (SSSR count). The van der Waals surface area contributed by atoms with E-state index in [1.807, 2.05) is 30.3 Å². The van der Waals surface area contributed by atoms with Crippen molar-refractivity contribution >= 4 is 45.8 Å². The molecule has 0 radical (unpaired) electrons. The number of para-hydroxylation sites is 1. The summed E-state index contributed by atoms with van der Waals surface area (Å²) in [7, 11) is 0. The first-order valence-electron chi connectivity index (χ1n) is 11.2. The van der Waals surface area contributed by atoms with Gasteiger partial charge in [0.05, 0.1) is 17.5 Å². The first-order valence-corrected chi connectivity index (χ1v) is 11.2.